The summed E-state index contributed by atoms with van der Waals surface area (Å²) < 4.78 is 14.5. The van der Waals surface area contributed by atoms with E-state index in [-0.39, 0.29) is 5.82 Å². The number of rotatable bonds is 6. The summed E-state index contributed by atoms with van der Waals surface area (Å²) in [5, 5.41) is 14.1. The van der Waals surface area contributed by atoms with Crippen LogP contribution in [0.25, 0.3) is 0 Å². The van der Waals surface area contributed by atoms with E-state index < -0.39 is 0 Å². The highest BCUT2D eigenvalue weighted by Gasteiger charge is 2.03. The van der Waals surface area contributed by atoms with Crippen LogP contribution in [0.15, 0.2) is 59.2 Å². The summed E-state index contributed by atoms with van der Waals surface area (Å²) >= 11 is 3.41. The topological polar surface area (TPSA) is 62.7 Å². The number of anilines is 3. The van der Waals surface area contributed by atoms with Gasteiger partial charge in [0.05, 0.1) is 6.20 Å². The molecule has 2 N–H and O–H groups in total. The van der Waals surface area contributed by atoms with E-state index in [1.165, 1.54) is 12.3 Å². The molecule has 2 aromatic carbocycles. The summed E-state index contributed by atoms with van der Waals surface area (Å²) in [5.41, 5.74) is 1.52. The molecule has 1 aromatic heterocycles. The predicted octanol–water partition coefficient (Wildman–Crippen LogP) is 4.17. The SMILES string of the molecule is Fc1ccccc1CCNc1cnnc(Nc2cccc(Br)c2)n1. The zero-order chi connectivity index (χ0) is 16.8. The van der Waals surface area contributed by atoms with Gasteiger partial charge < -0.3 is 10.6 Å². The first-order valence-electron chi connectivity index (χ1n) is 7.40. The van der Waals surface area contributed by atoms with Crippen LogP contribution in [0, 0.1) is 5.82 Å². The van der Waals surface area contributed by atoms with Crippen molar-refractivity contribution in [3.05, 3.63) is 70.6 Å². The fourth-order valence-electron chi connectivity index (χ4n) is 2.16. The number of hydrogen-bond donors (Lipinski definition) is 2. The summed E-state index contributed by atoms with van der Waals surface area (Å²) in [6, 6.07) is 14.4. The van der Waals surface area contributed by atoms with Crippen molar-refractivity contribution in [3.63, 3.8) is 0 Å². The van der Waals surface area contributed by atoms with Gasteiger partial charge in [-0.1, -0.05) is 40.2 Å². The summed E-state index contributed by atoms with van der Waals surface area (Å²) in [5.74, 6) is 0.778. The van der Waals surface area contributed by atoms with Crippen LogP contribution in [0.3, 0.4) is 0 Å². The zero-order valence-corrected chi connectivity index (χ0v) is 14.3. The van der Waals surface area contributed by atoms with E-state index in [1.807, 2.05) is 30.3 Å². The third kappa shape index (κ3) is 4.48. The molecular formula is C17H15BrFN5. The molecule has 0 aliphatic carbocycles. The summed E-state index contributed by atoms with van der Waals surface area (Å²) in [4.78, 5) is 4.35. The molecule has 3 rings (SSSR count). The molecule has 122 valence electrons. The first-order valence-corrected chi connectivity index (χ1v) is 8.19. The lowest BCUT2D eigenvalue weighted by Gasteiger charge is -2.08. The second-order valence-corrected chi connectivity index (χ2v) is 5.98. The average molecular weight is 388 g/mol. The lowest BCUT2D eigenvalue weighted by atomic mass is 10.1. The summed E-state index contributed by atoms with van der Waals surface area (Å²) in [7, 11) is 0. The molecule has 7 heteroatoms. The van der Waals surface area contributed by atoms with Crippen LogP contribution in [-0.2, 0) is 6.42 Å². The minimum absolute atomic E-state index is 0.197. The highest BCUT2D eigenvalue weighted by atomic mass is 79.9. The van der Waals surface area contributed by atoms with Crippen molar-refractivity contribution in [3.8, 4) is 0 Å². The fourth-order valence-corrected chi connectivity index (χ4v) is 2.56. The van der Waals surface area contributed by atoms with Gasteiger partial charge in [0.25, 0.3) is 0 Å². The monoisotopic (exact) mass is 387 g/mol. The molecular weight excluding hydrogens is 373 g/mol. The van der Waals surface area contributed by atoms with Crippen LogP contribution in [0.2, 0.25) is 0 Å². The van der Waals surface area contributed by atoms with E-state index in [4.69, 9.17) is 0 Å². The maximum Gasteiger partial charge on any atom is 0.249 e. The molecule has 0 atom stereocenters. The molecule has 0 unspecified atom stereocenters. The van der Waals surface area contributed by atoms with Gasteiger partial charge >= 0.3 is 0 Å². The van der Waals surface area contributed by atoms with Gasteiger partial charge in [0.15, 0.2) is 5.82 Å². The number of nitrogens with one attached hydrogen (secondary N) is 2. The van der Waals surface area contributed by atoms with Crippen molar-refractivity contribution in [1.29, 1.82) is 0 Å². The standard InChI is InChI=1S/C17H15BrFN5/c18-13-5-3-6-14(10-13)22-17-23-16(11-21-24-17)20-9-8-12-4-1-2-7-15(12)19/h1-7,10-11H,8-9H2,(H2,20,22,23,24). The maximum atomic E-state index is 13.6. The van der Waals surface area contributed by atoms with Gasteiger partial charge in [-0.15, -0.1) is 5.10 Å². The van der Waals surface area contributed by atoms with Crippen molar-refractivity contribution in [2.45, 2.75) is 6.42 Å². The van der Waals surface area contributed by atoms with Crippen LogP contribution in [-0.4, -0.2) is 21.7 Å². The highest BCUT2D eigenvalue weighted by Crippen LogP contribution is 2.18. The van der Waals surface area contributed by atoms with Crippen molar-refractivity contribution in [2.75, 3.05) is 17.2 Å². The Morgan fingerprint density at radius 2 is 1.96 bits per heavy atom. The van der Waals surface area contributed by atoms with Crippen molar-refractivity contribution < 1.29 is 4.39 Å². The van der Waals surface area contributed by atoms with Gasteiger partial charge in [-0.25, -0.2) is 4.39 Å². The lowest BCUT2D eigenvalue weighted by Crippen LogP contribution is -2.09. The van der Waals surface area contributed by atoms with Gasteiger partial charge in [0.2, 0.25) is 5.95 Å². The molecule has 3 aromatic rings. The molecule has 1 heterocycles. The molecule has 0 bridgehead atoms. The highest BCUT2D eigenvalue weighted by molar-refractivity contribution is 9.10. The Balaban J connectivity index is 1.60. The summed E-state index contributed by atoms with van der Waals surface area (Å²) in [6.45, 7) is 0.552. The van der Waals surface area contributed by atoms with Crippen LogP contribution >= 0.6 is 15.9 Å². The van der Waals surface area contributed by atoms with E-state index >= 15 is 0 Å². The molecule has 5 nitrogen and oxygen atoms in total. The number of hydrogen-bond acceptors (Lipinski definition) is 5. The Morgan fingerprint density at radius 1 is 1.08 bits per heavy atom. The number of halogens is 2. The molecule has 0 aliphatic rings. The minimum atomic E-state index is -0.197. The van der Waals surface area contributed by atoms with Crippen molar-refractivity contribution >= 4 is 33.4 Å². The van der Waals surface area contributed by atoms with E-state index in [0.717, 1.165) is 10.2 Å². The maximum absolute atomic E-state index is 13.6. The Kier molecular flexibility index (Phi) is 5.32. The van der Waals surface area contributed by atoms with E-state index in [2.05, 4.69) is 41.7 Å². The van der Waals surface area contributed by atoms with Crippen molar-refractivity contribution in [2.24, 2.45) is 0 Å². The Labute approximate surface area is 147 Å². The van der Waals surface area contributed by atoms with Gasteiger partial charge in [0.1, 0.15) is 5.82 Å². The smallest absolute Gasteiger partial charge is 0.249 e. The van der Waals surface area contributed by atoms with E-state index in [9.17, 15) is 4.39 Å². The lowest BCUT2D eigenvalue weighted by molar-refractivity contribution is 0.610. The Bertz CT molecular complexity index is 827. The number of benzene rings is 2. The Hall–Kier alpha value is -2.54. The van der Waals surface area contributed by atoms with Crippen LogP contribution in [0.4, 0.5) is 21.8 Å². The number of aromatic nitrogens is 3. The molecule has 0 fully saturated rings. The largest absolute Gasteiger partial charge is 0.368 e. The van der Waals surface area contributed by atoms with Crippen LogP contribution < -0.4 is 10.6 Å². The fraction of sp³-hybridized carbons (Fsp3) is 0.118. The minimum Gasteiger partial charge on any atom is -0.368 e. The molecule has 0 radical (unpaired) electrons. The van der Waals surface area contributed by atoms with Crippen LogP contribution in [0.5, 0.6) is 0 Å². The van der Waals surface area contributed by atoms with Crippen molar-refractivity contribution in [1.82, 2.24) is 15.2 Å². The molecule has 0 aliphatic heterocycles. The van der Waals surface area contributed by atoms with Gasteiger partial charge in [-0.2, -0.15) is 10.1 Å². The average Bonchev–Trinajstić information content (AvgIpc) is 2.57. The molecule has 0 spiro atoms. The molecule has 0 saturated carbocycles. The van der Waals surface area contributed by atoms with Crippen LogP contribution in [0.1, 0.15) is 5.56 Å². The second-order valence-electron chi connectivity index (χ2n) is 5.07. The normalized spacial score (nSPS) is 10.4. The number of nitrogens with zero attached hydrogens (tertiary/aromatic N) is 3. The first kappa shape index (κ1) is 16.3. The third-order valence-electron chi connectivity index (χ3n) is 3.30. The third-order valence-corrected chi connectivity index (χ3v) is 3.79. The van der Waals surface area contributed by atoms with E-state index in [1.54, 1.807) is 12.1 Å². The van der Waals surface area contributed by atoms with Gasteiger partial charge in [0, 0.05) is 16.7 Å². The van der Waals surface area contributed by atoms with E-state index in [0.29, 0.717) is 30.3 Å². The molecule has 0 saturated heterocycles. The van der Waals surface area contributed by atoms with Gasteiger partial charge in [-0.05, 0) is 36.2 Å². The zero-order valence-electron chi connectivity index (χ0n) is 12.7. The second kappa shape index (κ2) is 7.83. The Morgan fingerprint density at radius 3 is 2.79 bits per heavy atom. The van der Waals surface area contributed by atoms with Gasteiger partial charge in [-0.3, -0.25) is 0 Å². The quantitative estimate of drug-likeness (QED) is 0.664. The first-order chi connectivity index (χ1) is 11.7. The molecule has 24 heavy (non-hydrogen) atoms. The molecule has 0 amide bonds. The summed E-state index contributed by atoms with van der Waals surface area (Å²) in [6.07, 6.45) is 2.10. The predicted molar refractivity (Wildman–Crippen MR) is 95.8 cm³/mol.